The third kappa shape index (κ3) is 3.33. The van der Waals surface area contributed by atoms with Crippen molar-refractivity contribution in [2.24, 2.45) is 0 Å². The molecule has 0 bridgehead atoms. The van der Waals surface area contributed by atoms with Gasteiger partial charge in [-0.15, -0.1) is 0 Å². The molecule has 0 radical (unpaired) electrons. The number of rotatable bonds is 5. The lowest BCUT2D eigenvalue weighted by Crippen LogP contribution is -2.26. The zero-order valence-electron chi connectivity index (χ0n) is 14.7. The fraction of sp³-hybridized carbons (Fsp3) is 0.500. The number of anilines is 1. The van der Waals surface area contributed by atoms with E-state index in [-0.39, 0.29) is 17.9 Å². The summed E-state index contributed by atoms with van der Waals surface area (Å²) in [7, 11) is 1.90. The molecule has 6 nitrogen and oxygen atoms in total. The topological polar surface area (TPSA) is 71.3 Å². The summed E-state index contributed by atoms with van der Waals surface area (Å²) in [6.07, 6.45) is 1.39. The van der Waals surface area contributed by atoms with Gasteiger partial charge in [-0.1, -0.05) is 11.2 Å². The lowest BCUT2D eigenvalue weighted by Gasteiger charge is -2.17. The molecule has 0 spiro atoms. The zero-order valence-corrected chi connectivity index (χ0v) is 14.7. The molecule has 24 heavy (non-hydrogen) atoms. The maximum Gasteiger partial charge on any atom is 0.239 e. The van der Waals surface area contributed by atoms with Crippen LogP contribution in [-0.2, 0) is 11.2 Å². The summed E-state index contributed by atoms with van der Waals surface area (Å²) in [6, 6.07) is 6.46. The summed E-state index contributed by atoms with van der Waals surface area (Å²) < 4.78 is 5.36. The Morgan fingerprint density at radius 3 is 2.71 bits per heavy atom. The van der Waals surface area contributed by atoms with E-state index in [4.69, 9.17) is 4.52 Å². The molecule has 1 aromatic heterocycles. The van der Waals surface area contributed by atoms with Gasteiger partial charge in [0.05, 0.1) is 0 Å². The van der Waals surface area contributed by atoms with Crippen LogP contribution in [0.2, 0.25) is 0 Å². The molecule has 1 amide bonds. The maximum absolute atomic E-state index is 12.8. The van der Waals surface area contributed by atoms with Crippen molar-refractivity contribution >= 4 is 11.6 Å². The summed E-state index contributed by atoms with van der Waals surface area (Å²) in [5, 5.41) is 7.16. The molecule has 2 aromatic rings. The second kappa shape index (κ2) is 6.73. The summed E-state index contributed by atoms with van der Waals surface area (Å²) in [4.78, 5) is 19.1. The first-order chi connectivity index (χ1) is 11.5. The highest BCUT2D eigenvalue weighted by Gasteiger charge is 2.37. The Bertz CT molecular complexity index is 720. The lowest BCUT2D eigenvalue weighted by atomic mass is 10.1. The molecule has 1 fully saturated rings. The summed E-state index contributed by atoms with van der Waals surface area (Å²) >= 11 is 0. The highest BCUT2D eigenvalue weighted by atomic mass is 16.5. The van der Waals surface area contributed by atoms with Gasteiger partial charge >= 0.3 is 0 Å². The minimum absolute atomic E-state index is 0.0388. The Hall–Kier alpha value is -2.21. The zero-order chi connectivity index (χ0) is 17.3. The van der Waals surface area contributed by atoms with Crippen LogP contribution < -0.4 is 10.2 Å². The average molecular weight is 328 g/mol. The first kappa shape index (κ1) is 16.6. The van der Waals surface area contributed by atoms with Crippen LogP contribution >= 0.6 is 0 Å². The van der Waals surface area contributed by atoms with Crippen LogP contribution in [0.25, 0.3) is 0 Å². The third-order valence-electron chi connectivity index (χ3n) is 4.49. The molecule has 0 saturated carbocycles. The van der Waals surface area contributed by atoms with E-state index in [1.165, 1.54) is 0 Å². The number of carbonyl (C=O) groups is 1. The van der Waals surface area contributed by atoms with E-state index in [9.17, 15) is 4.79 Å². The van der Waals surface area contributed by atoms with Gasteiger partial charge in [0.1, 0.15) is 5.92 Å². The first-order valence-electron chi connectivity index (χ1n) is 8.37. The number of hydrogen-bond acceptors (Lipinski definition) is 5. The summed E-state index contributed by atoms with van der Waals surface area (Å²) in [5.74, 6) is 0.781. The molecule has 1 aromatic carbocycles. The van der Waals surface area contributed by atoms with Gasteiger partial charge in [0.2, 0.25) is 11.8 Å². The number of aromatic nitrogens is 2. The van der Waals surface area contributed by atoms with E-state index < -0.39 is 0 Å². The number of nitrogens with one attached hydrogen (secondary N) is 1. The fourth-order valence-corrected chi connectivity index (χ4v) is 3.14. The van der Waals surface area contributed by atoms with Crippen LogP contribution in [0, 0.1) is 13.8 Å². The van der Waals surface area contributed by atoms with Crippen molar-refractivity contribution in [2.75, 3.05) is 18.5 Å². The molecule has 3 rings (SSSR count). The summed E-state index contributed by atoms with van der Waals surface area (Å²) in [5.41, 5.74) is 3.26. The standard InChI is InChI=1S/C18H24N4O2/c1-11-7-12(2)9-14(8-11)22-6-5-15(18(22)23)17-20-16(21-24-17)10-13(3)19-4/h7-9,13,15,19H,5-6,10H2,1-4H3. The molecule has 6 heteroatoms. The maximum atomic E-state index is 12.8. The van der Waals surface area contributed by atoms with Crippen LogP contribution in [0.3, 0.4) is 0 Å². The van der Waals surface area contributed by atoms with Gasteiger partial charge in [0.15, 0.2) is 5.82 Å². The fourth-order valence-electron chi connectivity index (χ4n) is 3.14. The van der Waals surface area contributed by atoms with E-state index >= 15 is 0 Å². The summed E-state index contributed by atoms with van der Waals surface area (Å²) in [6.45, 7) is 6.82. The van der Waals surface area contributed by atoms with E-state index in [1.807, 2.05) is 37.9 Å². The minimum atomic E-state index is -0.336. The van der Waals surface area contributed by atoms with Crippen molar-refractivity contribution in [2.45, 2.75) is 45.6 Å². The number of aryl methyl sites for hydroxylation is 2. The van der Waals surface area contributed by atoms with Crippen LogP contribution in [0.5, 0.6) is 0 Å². The van der Waals surface area contributed by atoms with Gasteiger partial charge in [-0.3, -0.25) is 4.79 Å². The van der Waals surface area contributed by atoms with E-state index in [0.717, 1.165) is 16.8 Å². The van der Waals surface area contributed by atoms with Gasteiger partial charge in [-0.2, -0.15) is 4.98 Å². The molecule has 2 unspecified atom stereocenters. The van der Waals surface area contributed by atoms with Crippen molar-refractivity contribution < 1.29 is 9.32 Å². The molecule has 1 saturated heterocycles. The number of nitrogens with zero attached hydrogens (tertiary/aromatic N) is 3. The van der Waals surface area contributed by atoms with E-state index in [2.05, 4.69) is 28.4 Å². The predicted octanol–water partition coefficient (Wildman–Crippen LogP) is 2.36. The molecule has 2 heterocycles. The largest absolute Gasteiger partial charge is 0.338 e. The lowest BCUT2D eigenvalue weighted by molar-refractivity contribution is -0.118. The van der Waals surface area contributed by atoms with Gasteiger partial charge in [0.25, 0.3) is 0 Å². The van der Waals surface area contributed by atoms with Crippen molar-refractivity contribution in [1.82, 2.24) is 15.5 Å². The van der Waals surface area contributed by atoms with E-state index in [0.29, 0.717) is 31.1 Å². The van der Waals surface area contributed by atoms with Gasteiger partial charge in [-0.25, -0.2) is 0 Å². The number of benzene rings is 1. The highest BCUT2D eigenvalue weighted by molar-refractivity contribution is 5.99. The van der Waals surface area contributed by atoms with Crippen molar-refractivity contribution in [1.29, 1.82) is 0 Å². The SMILES string of the molecule is CNC(C)Cc1noc(C2CCN(c3cc(C)cc(C)c3)C2=O)n1. The molecule has 2 atom stereocenters. The Labute approximate surface area is 142 Å². The van der Waals surface area contributed by atoms with Gasteiger partial charge in [0, 0.05) is 24.7 Å². The van der Waals surface area contributed by atoms with Crippen molar-refractivity contribution in [3.63, 3.8) is 0 Å². The third-order valence-corrected chi connectivity index (χ3v) is 4.49. The normalized spacial score (nSPS) is 19.1. The second-order valence-electron chi connectivity index (χ2n) is 6.62. The Morgan fingerprint density at radius 2 is 2.04 bits per heavy atom. The van der Waals surface area contributed by atoms with Crippen LogP contribution in [0.4, 0.5) is 5.69 Å². The average Bonchev–Trinajstić information content (AvgIpc) is 3.12. The molecule has 1 aliphatic heterocycles. The molecule has 128 valence electrons. The number of likely N-dealkylation sites (N-methyl/N-ethyl adjacent to an activating group) is 1. The Kier molecular flexibility index (Phi) is 4.66. The van der Waals surface area contributed by atoms with Crippen LogP contribution in [0.15, 0.2) is 22.7 Å². The molecule has 1 N–H and O–H groups in total. The molecule has 0 aliphatic carbocycles. The second-order valence-corrected chi connectivity index (χ2v) is 6.62. The number of hydrogen-bond donors (Lipinski definition) is 1. The highest BCUT2D eigenvalue weighted by Crippen LogP contribution is 2.32. The predicted molar refractivity (Wildman–Crippen MR) is 92.2 cm³/mol. The monoisotopic (exact) mass is 328 g/mol. The smallest absolute Gasteiger partial charge is 0.239 e. The number of carbonyl (C=O) groups excluding carboxylic acids is 1. The Balaban J connectivity index is 1.76. The molecular formula is C18H24N4O2. The minimum Gasteiger partial charge on any atom is -0.338 e. The Morgan fingerprint density at radius 1 is 1.33 bits per heavy atom. The van der Waals surface area contributed by atoms with Crippen LogP contribution in [0.1, 0.15) is 42.1 Å². The first-order valence-corrected chi connectivity index (χ1v) is 8.37. The van der Waals surface area contributed by atoms with Gasteiger partial charge < -0.3 is 14.7 Å². The van der Waals surface area contributed by atoms with Crippen molar-refractivity contribution in [3.8, 4) is 0 Å². The van der Waals surface area contributed by atoms with Gasteiger partial charge in [-0.05, 0) is 57.5 Å². The van der Waals surface area contributed by atoms with Crippen LogP contribution in [-0.4, -0.2) is 35.7 Å². The molecular weight excluding hydrogens is 304 g/mol. The quantitative estimate of drug-likeness (QED) is 0.912. The van der Waals surface area contributed by atoms with E-state index in [1.54, 1.807) is 0 Å². The van der Waals surface area contributed by atoms with Crippen molar-refractivity contribution in [3.05, 3.63) is 41.0 Å². The molecule has 1 aliphatic rings. The number of amides is 1.